The van der Waals surface area contributed by atoms with Crippen LogP contribution in [0.1, 0.15) is 28.7 Å². The quantitative estimate of drug-likeness (QED) is 0.875. The molecule has 2 heterocycles. The zero-order valence-corrected chi connectivity index (χ0v) is 11.3. The van der Waals surface area contributed by atoms with Crippen molar-refractivity contribution < 1.29 is 4.79 Å². The standard InChI is InChI=1S/C13H17N5O/c1-4-11-12(7-18(3)17-11)16-13(19)10-5-9(14)6-15-8(10)2/h5-7H,4,14H2,1-3H3,(H,16,19). The Morgan fingerprint density at radius 1 is 1.53 bits per heavy atom. The molecule has 0 atom stereocenters. The molecule has 19 heavy (non-hydrogen) atoms. The predicted octanol–water partition coefficient (Wildman–Crippen LogP) is 1.52. The van der Waals surface area contributed by atoms with Crippen LogP contribution < -0.4 is 11.1 Å². The number of carbonyl (C=O) groups excluding carboxylic acids is 1. The van der Waals surface area contributed by atoms with Gasteiger partial charge in [-0.05, 0) is 19.4 Å². The van der Waals surface area contributed by atoms with Crippen LogP contribution in [0.2, 0.25) is 0 Å². The Balaban J connectivity index is 2.27. The minimum absolute atomic E-state index is 0.222. The second-order valence-electron chi connectivity index (χ2n) is 4.37. The van der Waals surface area contributed by atoms with Crippen LogP contribution in [0.15, 0.2) is 18.5 Å². The summed E-state index contributed by atoms with van der Waals surface area (Å²) in [5.41, 5.74) is 8.83. The molecule has 0 radical (unpaired) electrons. The molecule has 100 valence electrons. The molecular formula is C13H17N5O. The van der Waals surface area contributed by atoms with Gasteiger partial charge in [-0.25, -0.2) is 0 Å². The molecule has 0 fully saturated rings. The first kappa shape index (κ1) is 13.1. The SMILES string of the molecule is CCc1nn(C)cc1NC(=O)c1cc(N)cnc1C. The highest BCUT2D eigenvalue weighted by Gasteiger charge is 2.14. The number of amides is 1. The van der Waals surface area contributed by atoms with Crippen LogP contribution in [0.3, 0.4) is 0 Å². The molecule has 2 aromatic heterocycles. The smallest absolute Gasteiger partial charge is 0.257 e. The lowest BCUT2D eigenvalue weighted by Crippen LogP contribution is -2.15. The molecule has 0 bridgehead atoms. The molecule has 3 N–H and O–H groups in total. The van der Waals surface area contributed by atoms with E-state index in [1.54, 1.807) is 23.9 Å². The van der Waals surface area contributed by atoms with Gasteiger partial charge in [-0.15, -0.1) is 0 Å². The highest BCUT2D eigenvalue weighted by atomic mass is 16.1. The topological polar surface area (TPSA) is 85.8 Å². The third-order valence-corrected chi connectivity index (χ3v) is 2.84. The summed E-state index contributed by atoms with van der Waals surface area (Å²) in [6.07, 6.45) is 4.07. The monoisotopic (exact) mass is 259 g/mol. The van der Waals surface area contributed by atoms with E-state index in [2.05, 4.69) is 15.4 Å². The minimum atomic E-state index is -0.222. The Bertz CT molecular complexity index is 617. The zero-order valence-electron chi connectivity index (χ0n) is 11.3. The molecule has 6 heteroatoms. The molecule has 2 aromatic rings. The van der Waals surface area contributed by atoms with Gasteiger partial charge in [0.1, 0.15) is 0 Å². The Morgan fingerprint density at radius 3 is 2.95 bits per heavy atom. The van der Waals surface area contributed by atoms with Crippen molar-refractivity contribution in [3.05, 3.63) is 35.4 Å². The molecule has 0 unspecified atom stereocenters. The maximum Gasteiger partial charge on any atom is 0.257 e. The summed E-state index contributed by atoms with van der Waals surface area (Å²) in [5, 5.41) is 7.13. The molecule has 0 aliphatic heterocycles. The van der Waals surface area contributed by atoms with Crippen molar-refractivity contribution in [1.82, 2.24) is 14.8 Å². The number of rotatable bonds is 3. The number of carbonyl (C=O) groups is 1. The van der Waals surface area contributed by atoms with E-state index in [4.69, 9.17) is 5.73 Å². The summed E-state index contributed by atoms with van der Waals surface area (Å²) in [6.45, 7) is 3.77. The molecule has 0 spiro atoms. The number of nitrogens with one attached hydrogen (secondary N) is 1. The van der Waals surface area contributed by atoms with Gasteiger partial charge < -0.3 is 11.1 Å². The van der Waals surface area contributed by atoms with Gasteiger partial charge in [-0.3, -0.25) is 14.5 Å². The lowest BCUT2D eigenvalue weighted by molar-refractivity contribution is 0.102. The van der Waals surface area contributed by atoms with Gasteiger partial charge in [-0.1, -0.05) is 6.92 Å². The van der Waals surface area contributed by atoms with Crippen molar-refractivity contribution in [3.63, 3.8) is 0 Å². The normalized spacial score (nSPS) is 10.5. The van der Waals surface area contributed by atoms with Crippen LogP contribution in [0.5, 0.6) is 0 Å². The fourth-order valence-electron chi connectivity index (χ4n) is 1.87. The zero-order chi connectivity index (χ0) is 14.0. The lowest BCUT2D eigenvalue weighted by Gasteiger charge is -2.07. The van der Waals surface area contributed by atoms with E-state index >= 15 is 0 Å². The highest BCUT2D eigenvalue weighted by Crippen LogP contribution is 2.17. The average molecular weight is 259 g/mol. The second kappa shape index (κ2) is 5.09. The Hall–Kier alpha value is -2.37. The van der Waals surface area contributed by atoms with E-state index in [0.717, 1.165) is 17.8 Å². The van der Waals surface area contributed by atoms with Crippen LogP contribution in [0.4, 0.5) is 11.4 Å². The fourth-order valence-corrected chi connectivity index (χ4v) is 1.87. The number of anilines is 2. The van der Waals surface area contributed by atoms with E-state index < -0.39 is 0 Å². The average Bonchev–Trinajstić information content (AvgIpc) is 2.72. The van der Waals surface area contributed by atoms with E-state index in [9.17, 15) is 4.79 Å². The van der Waals surface area contributed by atoms with E-state index in [0.29, 0.717) is 16.9 Å². The first-order valence-corrected chi connectivity index (χ1v) is 6.07. The van der Waals surface area contributed by atoms with Gasteiger partial charge in [0.15, 0.2) is 0 Å². The van der Waals surface area contributed by atoms with Gasteiger partial charge in [0.25, 0.3) is 5.91 Å². The number of nitrogens with two attached hydrogens (primary N) is 1. The number of nitrogen functional groups attached to an aromatic ring is 1. The van der Waals surface area contributed by atoms with Gasteiger partial charge in [-0.2, -0.15) is 5.10 Å². The van der Waals surface area contributed by atoms with E-state index in [1.807, 2.05) is 14.0 Å². The van der Waals surface area contributed by atoms with Crippen LogP contribution in [-0.2, 0) is 13.5 Å². The van der Waals surface area contributed by atoms with Crippen molar-refractivity contribution in [1.29, 1.82) is 0 Å². The van der Waals surface area contributed by atoms with E-state index in [-0.39, 0.29) is 5.91 Å². The van der Waals surface area contributed by atoms with Crippen LogP contribution in [0, 0.1) is 6.92 Å². The fraction of sp³-hybridized carbons (Fsp3) is 0.308. The maximum absolute atomic E-state index is 12.2. The Morgan fingerprint density at radius 2 is 2.26 bits per heavy atom. The number of nitrogens with zero attached hydrogens (tertiary/aromatic N) is 3. The summed E-state index contributed by atoms with van der Waals surface area (Å²) in [7, 11) is 1.82. The predicted molar refractivity (Wildman–Crippen MR) is 73.9 cm³/mol. The number of aromatic nitrogens is 3. The van der Waals surface area contributed by atoms with Gasteiger partial charge in [0.2, 0.25) is 0 Å². The first-order chi connectivity index (χ1) is 9.01. The number of hydrogen-bond acceptors (Lipinski definition) is 4. The summed E-state index contributed by atoms with van der Waals surface area (Å²) >= 11 is 0. The van der Waals surface area contributed by atoms with Gasteiger partial charge in [0, 0.05) is 13.2 Å². The highest BCUT2D eigenvalue weighted by molar-refractivity contribution is 6.05. The van der Waals surface area contributed by atoms with Gasteiger partial charge >= 0.3 is 0 Å². The Kier molecular flexibility index (Phi) is 3.50. The largest absolute Gasteiger partial charge is 0.397 e. The molecule has 6 nitrogen and oxygen atoms in total. The van der Waals surface area contributed by atoms with Crippen molar-refractivity contribution in [2.24, 2.45) is 7.05 Å². The molecule has 0 aliphatic rings. The third kappa shape index (κ3) is 2.73. The maximum atomic E-state index is 12.2. The lowest BCUT2D eigenvalue weighted by atomic mass is 10.1. The summed E-state index contributed by atoms with van der Waals surface area (Å²) in [5.74, 6) is -0.222. The molecule has 1 amide bonds. The second-order valence-corrected chi connectivity index (χ2v) is 4.37. The molecule has 0 aromatic carbocycles. The first-order valence-electron chi connectivity index (χ1n) is 6.07. The van der Waals surface area contributed by atoms with Crippen LogP contribution in [0.25, 0.3) is 0 Å². The van der Waals surface area contributed by atoms with Crippen molar-refractivity contribution in [2.75, 3.05) is 11.1 Å². The minimum Gasteiger partial charge on any atom is -0.397 e. The number of hydrogen-bond donors (Lipinski definition) is 2. The Labute approximate surface area is 111 Å². The number of pyridine rings is 1. The molecule has 0 saturated heterocycles. The van der Waals surface area contributed by atoms with Crippen molar-refractivity contribution in [2.45, 2.75) is 20.3 Å². The molecule has 0 saturated carbocycles. The molecule has 0 aliphatic carbocycles. The molecular weight excluding hydrogens is 242 g/mol. The van der Waals surface area contributed by atoms with Crippen LogP contribution >= 0.6 is 0 Å². The summed E-state index contributed by atoms with van der Waals surface area (Å²) in [6, 6.07) is 1.62. The molecule has 2 rings (SSSR count). The van der Waals surface area contributed by atoms with E-state index in [1.165, 1.54) is 6.20 Å². The number of aryl methyl sites for hydroxylation is 3. The third-order valence-electron chi connectivity index (χ3n) is 2.84. The van der Waals surface area contributed by atoms with Crippen molar-refractivity contribution in [3.8, 4) is 0 Å². The summed E-state index contributed by atoms with van der Waals surface area (Å²) < 4.78 is 1.68. The van der Waals surface area contributed by atoms with Crippen LogP contribution in [-0.4, -0.2) is 20.7 Å². The van der Waals surface area contributed by atoms with Gasteiger partial charge in [0.05, 0.1) is 34.5 Å². The van der Waals surface area contributed by atoms with Crippen molar-refractivity contribution >= 4 is 17.3 Å². The summed E-state index contributed by atoms with van der Waals surface area (Å²) in [4.78, 5) is 16.3.